The maximum absolute atomic E-state index is 11.6. The zero-order chi connectivity index (χ0) is 15.1. The average molecular weight is 287 g/mol. The van der Waals surface area contributed by atoms with E-state index in [1.807, 2.05) is 18.2 Å². The van der Waals surface area contributed by atoms with Crippen LogP contribution in [0.15, 0.2) is 59.0 Å². The quantitative estimate of drug-likeness (QED) is 0.825. The Hall–Kier alpha value is -3.02. The molecule has 0 aliphatic carbocycles. The molecule has 0 atom stereocenters. The Morgan fingerprint density at radius 2 is 2.00 bits per heavy atom. The number of amides is 1. The second kappa shape index (κ2) is 6.95. The monoisotopic (exact) mass is 287 g/mol. The van der Waals surface area contributed by atoms with Crippen LogP contribution in [-0.4, -0.2) is 17.2 Å². The van der Waals surface area contributed by atoms with Crippen LogP contribution < -0.4 is 5.32 Å². The fraction of sp³-hybridized carbons (Fsp3) is 0.0667. The summed E-state index contributed by atoms with van der Waals surface area (Å²) in [5.74, 6) is -1.27. The fourth-order valence-electron chi connectivity index (χ4n) is 1.54. The van der Waals surface area contributed by atoms with Gasteiger partial charge in [-0.3, -0.25) is 5.32 Å². The molecular formula is C15H13NO5. The summed E-state index contributed by atoms with van der Waals surface area (Å²) in [4.78, 5) is 22.7. The van der Waals surface area contributed by atoms with Gasteiger partial charge in [-0.1, -0.05) is 30.3 Å². The van der Waals surface area contributed by atoms with Crippen LogP contribution in [0.3, 0.4) is 0 Å². The van der Waals surface area contributed by atoms with E-state index in [-0.39, 0.29) is 12.3 Å². The number of rotatable bonds is 5. The number of nitrogens with one attached hydrogen (secondary N) is 1. The van der Waals surface area contributed by atoms with E-state index in [1.165, 1.54) is 18.6 Å². The molecule has 6 heteroatoms. The lowest BCUT2D eigenvalue weighted by atomic mass is 10.2. The van der Waals surface area contributed by atoms with Gasteiger partial charge in [0.1, 0.15) is 12.3 Å². The van der Waals surface area contributed by atoms with Crippen LogP contribution in [0.25, 0.3) is 6.08 Å². The molecular weight excluding hydrogens is 274 g/mol. The summed E-state index contributed by atoms with van der Waals surface area (Å²) in [7, 11) is 0. The second-order valence-corrected chi connectivity index (χ2v) is 4.11. The number of carboxylic acids is 1. The number of aliphatic carboxylic acids is 1. The van der Waals surface area contributed by atoms with E-state index < -0.39 is 12.1 Å². The van der Waals surface area contributed by atoms with Crippen molar-refractivity contribution in [3.05, 3.63) is 65.7 Å². The topological polar surface area (TPSA) is 88.8 Å². The third kappa shape index (κ3) is 4.54. The molecule has 0 spiro atoms. The number of carboxylic acid groups (broad SMARTS) is 1. The molecule has 1 heterocycles. The molecule has 0 bridgehead atoms. The van der Waals surface area contributed by atoms with Gasteiger partial charge in [0, 0.05) is 5.56 Å². The minimum absolute atomic E-state index is 0.0608. The van der Waals surface area contributed by atoms with Crippen LogP contribution in [0.1, 0.15) is 11.1 Å². The zero-order valence-corrected chi connectivity index (χ0v) is 11.0. The van der Waals surface area contributed by atoms with Crippen molar-refractivity contribution in [2.45, 2.75) is 6.61 Å². The highest BCUT2D eigenvalue weighted by molar-refractivity contribution is 5.95. The second-order valence-electron chi connectivity index (χ2n) is 4.11. The predicted octanol–water partition coefficient (Wildman–Crippen LogP) is 2.63. The highest BCUT2D eigenvalue weighted by Gasteiger charge is 2.13. The Bertz CT molecular complexity index is 631. The largest absolute Gasteiger partial charge is 0.477 e. The first-order valence-electron chi connectivity index (χ1n) is 6.10. The zero-order valence-electron chi connectivity index (χ0n) is 11.0. The van der Waals surface area contributed by atoms with Crippen LogP contribution in [0.2, 0.25) is 0 Å². The Morgan fingerprint density at radius 3 is 2.62 bits per heavy atom. The van der Waals surface area contributed by atoms with Gasteiger partial charge in [0.25, 0.3) is 0 Å². The van der Waals surface area contributed by atoms with Gasteiger partial charge in [-0.2, -0.15) is 0 Å². The number of carbonyl (C=O) groups is 2. The summed E-state index contributed by atoms with van der Waals surface area (Å²) in [6.45, 7) is 0.0608. The number of hydrogen-bond acceptors (Lipinski definition) is 4. The number of carbonyl (C=O) groups excluding carboxylic acids is 1. The summed E-state index contributed by atoms with van der Waals surface area (Å²) < 4.78 is 9.77. The van der Waals surface area contributed by atoms with Gasteiger partial charge in [0.05, 0.1) is 12.5 Å². The molecule has 1 aromatic carbocycles. The van der Waals surface area contributed by atoms with Gasteiger partial charge >= 0.3 is 12.1 Å². The van der Waals surface area contributed by atoms with Crippen molar-refractivity contribution in [1.29, 1.82) is 0 Å². The molecule has 21 heavy (non-hydrogen) atoms. The first-order chi connectivity index (χ1) is 10.1. The highest BCUT2D eigenvalue weighted by atomic mass is 16.5. The molecule has 2 aromatic rings. The molecule has 0 saturated heterocycles. The molecule has 0 fully saturated rings. The summed E-state index contributed by atoms with van der Waals surface area (Å²) in [6, 6.07) is 10.6. The van der Waals surface area contributed by atoms with E-state index in [1.54, 1.807) is 18.2 Å². The normalized spacial score (nSPS) is 11.0. The number of furan rings is 1. The summed E-state index contributed by atoms with van der Waals surface area (Å²) >= 11 is 0. The van der Waals surface area contributed by atoms with Crippen LogP contribution in [0, 0.1) is 0 Å². The molecule has 6 nitrogen and oxygen atoms in total. The van der Waals surface area contributed by atoms with Crippen molar-refractivity contribution in [3.8, 4) is 0 Å². The molecule has 2 rings (SSSR count). The number of alkyl carbamates (subject to hydrolysis) is 1. The van der Waals surface area contributed by atoms with E-state index in [0.717, 1.165) is 5.56 Å². The van der Waals surface area contributed by atoms with Crippen molar-refractivity contribution in [2.24, 2.45) is 0 Å². The lowest BCUT2D eigenvalue weighted by Gasteiger charge is -2.07. The van der Waals surface area contributed by atoms with Gasteiger partial charge < -0.3 is 14.3 Å². The van der Waals surface area contributed by atoms with Crippen molar-refractivity contribution in [3.63, 3.8) is 0 Å². The molecule has 0 aliphatic heterocycles. The van der Waals surface area contributed by atoms with E-state index in [4.69, 9.17) is 14.3 Å². The fourth-order valence-corrected chi connectivity index (χ4v) is 1.54. The molecule has 2 N–H and O–H groups in total. The third-order valence-electron chi connectivity index (χ3n) is 2.53. The highest BCUT2D eigenvalue weighted by Crippen LogP contribution is 2.07. The molecule has 1 aromatic heterocycles. The molecule has 1 amide bonds. The molecule has 0 aliphatic rings. The van der Waals surface area contributed by atoms with Crippen molar-refractivity contribution in [2.75, 3.05) is 0 Å². The Labute approximate surface area is 120 Å². The van der Waals surface area contributed by atoms with E-state index in [2.05, 4.69) is 5.32 Å². The third-order valence-corrected chi connectivity index (χ3v) is 2.53. The summed E-state index contributed by atoms with van der Waals surface area (Å²) in [6.07, 6.45) is 3.20. The first kappa shape index (κ1) is 14.4. The van der Waals surface area contributed by atoms with Crippen molar-refractivity contribution >= 4 is 18.1 Å². The maximum atomic E-state index is 11.6. The molecule has 0 unspecified atom stereocenters. The van der Waals surface area contributed by atoms with Crippen molar-refractivity contribution in [1.82, 2.24) is 5.32 Å². The smallest absolute Gasteiger partial charge is 0.412 e. The van der Waals surface area contributed by atoms with E-state index in [0.29, 0.717) is 5.56 Å². The Morgan fingerprint density at radius 1 is 1.24 bits per heavy atom. The van der Waals surface area contributed by atoms with E-state index in [9.17, 15) is 9.59 Å². The minimum Gasteiger partial charge on any atom is -0.477 e. The van der Waals surface area contributed by atoms with Gasteiger partial charge in [-0.05, 0) is 17.7 Å². The van der Waals surface area contributed by atoms with Gasteiger partial charge in [-0.15, -0.1) is 0 Å². The van der Waals surface area contributed by atoms with Crippen LogP contribution in [-0.2, 0) is 16.1 Å². The van der Waals surface area contributed by atoms with E-state index >= 15 is 0 Å². The minimum atomic E-state index is -1.27. The average Bonchev–Trinajstić information content (AvgIpc) is 2.98. The lowest BCUT2D eigenvalue weighted by Crippen LogP contribution is -2.27. The van der Waals surface area contributed by atoms with Crippen LogP contribution >= 0.6 is 0 Å². The number of hydrogen-bond donors (Lipinski definition) is 2. The maximum Gasteiger partial charge on any atom is 0.412 e. The standard InChI is InChI=1S/C15H13NO5/c17-14(18)13(8-12-6-7-20-9-12)16-15(19)21-10-11-4-2-1-3-5-11/h1-9H,10H2,(H,16,19)(H,17,18)/b13-8-. The number of benzene rings is 1. The van der Waals surface area contributed by atoms with Crippen LogP contribution in [0.4, 0.5) is 4.79 Å². The van der Waals surface area contributed by atoms with Crippen LogP contribution in [0.5, 0.6) is 0 Å². The predicted molar refractivity (Wildman–Crippen MR) is 74.1 cm³/mol. The summed E-state index contributed by atoms with van der Waals surface area (Å²) in [5, 5.41) is 11.2. The molecule has 0 radical (unpaired) electrons. The van der Waals surface area contributed by atoms with Gasteiger partial charge in [-0.25, -0.2) is 9.59 Å². The number of ether oxygens (including phenoxy) is 1. The molecule has 108 valence electrons. The van der Waals surface area contributed by atoms with Crippen molar-refractivity contribution < 1.29 is 23.8 Å². The van der Waals surface area contributed by atoms with Gasteiger partial charge in [0.15, 0.2) is 0 Å². The summed E-state index contributed by atoms with van der Waals surface area (Å²) in [5.41, 5.74) is 1.04. The lowest BCUT2D eigenvalue weighted by molar-refractivity contribution is -0.132. The SMILES string of the molecule is O=C(N/C(=C\c1ccoc1)C(=O)O)OCc1ccccc1. The molecule has 0 saturated carbocycles. The van der Waals surface area contributed by atoms with Gasteiger partial charge in [0.2, 0.25) is 0 Å². The Kier molecular flexibility index (Phi) is 4.76. The Balaban J connectivity index is 1.94. The first-order valence-corrected chi connectivity index (χ1v) is 6.10.